The van der Waals surface area contributed by atoms with E-state index in [1.54, 1.807) is 0 Å². The molecule has 1 saturated carbocycles. The molecule has 1 aromatic carbocycles. The van der Waals surface area contributed by atoms with E-state index >= 15 is 0 Å². The summed E-state index contributed by atoms with van der Waals surface area (Å²) in [7, 11) is 1.90. The molecule has 1 aromatic heterocycles. The molecule has 0 radical (unpaired) electrons. The lowest BCUT2D eigenvalue weighted by Crippen LogP contribution is -2.40. The second kappa shape index (κ2) is 8.57. The minimum atomic E-state index is -0.522. The third-order valence-electron chi connectivity index (χ3n) is 4.97. The van der Waals surface area contributed by atoms with Gasteiger partial charge in [0.2, 0.25) is 0 Å². The van der Waals surface area contributed by atoms with Crippen molar-refractivity contribution in [2.75, 3.05) is 17.7 Å². The van der Waals surface area contributed by atoms with E-state index in [1.807, 2.05) is 26.2 Å². The summed E-state index contributed by atoms with van der Waals surface area (Å²) in [4.78, 5) is 16.8. The molecule has 3 rings (SSSR count). The van der Waals surface area contributed by atoms with Gasteiger partial charge in [-0.05, 0) is 56.4 Å². The molecule has 2 aromatic rings. The number of nitrogens with zero attached hydrogens (tertiary/aromatic N) is 1. The molecule has 144 valence electrons. The van der Waals surface area contributed by atoms with Crippen molar-refractivity contribution >= 4 is 29.0 Å². The van der Waals surface area contributed by atoms with E-state index in [4.69, 9.17) is 11.6 Å². The molecule has 3 N–H and O–H groups in total. The Morgan fingerprint density at radius 3 is 2.56 bits per heavy atom. The number of rotatable bonds is 5. The Bertz CT molecular complexity index is 822. The number of amides is 1. The second-order valence-corrected chi connectivity index (χ2v) is 7.34. The monoisotopic (exact) mass is 390 g/mol. The van der Waals surface area contributed by atoms with Gasteiger partial charge in [-0.25, -0.2) is 9.37 Å². The molecule has 27 heavy (non-hydrogen) atoms. The summed E-state index contributed by atoms with van der Waals surface area (Å²) in [5, 5.41) is 9.62. The quantitative estimate of drug-likeness (QED) is 0.708. The van der Waals surface area contributed by atoms with Gasteiger partial charge in [-0.2, -0.15) is 0 Å². The second-order valence-electron chi connectivity index (χ2n) is 6.93. The first-order valence-corrected chi connectivity index (χ1v) is 9.51. The lowest BCUT2D eigenvalue weighted by atomic mass is 9.91. The molecule has 0 unspecified atom stereocenters. The zero-order chi connectivity index (χ0) is 19.4. The number of hydrogen-bond acceptors (Lipinski definition) is 4. The predicted molar refractivity (Wildman–Crippen MR) is 107 cm³/mol. The summed E-state index contributed by atoms with van der Waals surface area (Å²) in [5.74, 6) is 0.122. The number of anilines is 2. The maximum atomic E-state index is 13.2. The largest absolute Gasteiger partial charge is 0.388 e. The topological polar surface area (TPSA) is 66.0 Å². The SMILES string of the molecule is CNc1cc(N[C@H]2CC[C@@H](NC(=O)c3ccc(F)c(Cl)c3)CC2)ncc1C. The van der Waals surface area contributed by atoms with E-state index in [1.165, 1.54) is 18.2 Å². The molecule has 7 heteroatoms. The van der Waals surface area contributed by atoms with Crippen LogP contribution >= 0.6 is 11.6 Å². The number of carbonyl (C=O) groups excluding carboxylic acids is 1. The average Bonchev–Trinajstić information content (AvgIpc) is 2.67. The predicted octanol–water partition coefficient (Wildman–Crippen LogP) is 4.38. The van der Waals surface area contributed by atoms with Gasteiger partial charge < -0.3 is 16.0 Å². The standard InChI is InChI=1S/C20H24ClFN4O/c1-12-11-24-19(10-18(12)23-2)25-14-4-6-15(7-5-14)26-20(27)13-3-8-17(22)16(21)9-13/h3,8-11,14-15H,4-7H2,1-2H3,(H,26,27)(H2,23,24,25)/t14-,15+. The van der Waals surface area contributed by atoms with E-state index in [-0.39, 0.29) is 17.0 Å². The number of halogens is 2. The third-order valence-corrected chi connectivity index (χ3v) is 5.26. The molecule has 1 amide bonds. The van der Waals surface area contributed by atoms with E-state index in [2.05, 4.69) is 20.9 Å². The van der Waals surface area contributed by atoms with Gasteiger partial charge in [0.1, 0.15) is 11.6 Å². The van der Waals surface area contributed by atoms with Crippen LogP contribution in [0.1, 0.15) is 41.6 Å². The first kappa shape index (κ1) is 19.4. The van der Waals surface area contributed by atoms with Gasteiger partial charge in [0, 0.05) is 42.6 Å². The fourth-order valence-electron chi connectivity index (χ4n) is 3.37. The van der Waals surface area contributed by atoms with Crippen LogP contribution in [0.15, 0.2) is 30.5 Å². The van der Waals surface area contributed by atoms with Gasteiger partial charge in [-0.3, -0.25) is 4.79 Å². The summed E-state index contributed by atoms with van der Waals surface area (Å²) in [6, 6.07) is 6.48. The number of pyridine rings is 1. The Morgan fingerprint density at radius 2 is 1.89 bits per heavy atom. The molecule has 0 aliphatic heterocycles. The maximum absolute atomic E-state index is 13.2. The number of hydrogen-bond donors (Lipinski definition) is 3. The third kappa shape index (κ3) is 4.89. The Labute approximate surface area is 163 Å². The average molecular weight is 391 g/mol. The van der Waals surface area contributed by atoms with Gasteiger partial charge >= 0.3 is 0 Å². The first-order valence-electron chi connectivity index (χ1n) is 9.13. The molecule has 0 saturated heterocycles. The highest BCUT2D eigenvalue weighted by Gasteiger charge is 2.23. The molecule has 0 atom stereocenters. The van der Waals surface area contributed by atoms with Crippen molar-refractivity contribution in [3.05, 3.63) is 52.4 Å². The lowest BCUT2D eigenvalue weighted by molar-refractivity contribution is 0.0926. The summed E-state index contributed by atoms with van der Waals surface area (Å²) < 4.78 is 13.2. The Kier molecular flexibility index (Phi) is 6.16. The van der Waals surface area contributed by atoms with Crippen LogP contribution in [-0.2, 0) is 0 Å². The fourth-order valence-corrected chi connectivity index (χ4v) is 3.55. The fraction of sp³-hybridized carbons (Fsp3) is 0.400. The van der Waals surface area contributed by atoms with Crippen LogP contribution in [-0.4, -0.2) is 30.0 Å². The summed E-state index contributed by atoms with van der Waals surface area (Å²) in [6.07, 6.45) is 5.50. The van der Waals surface area contributed by atoms with Crippen molar-refractivity contribution in [3.63, 3.8) is 0 Å². The van der Waals surface area contributed by atoms with Crippen molar-refractivity contribution in [2.45, 2.75) is 44.7 Å². The molecule has 0 bridgehead atoms. The van der Waals surface area contributed by atoms with Gasteiger partial charge in [0.15, 0.2) is 0 Å². The van der Waals surface area contributed by atoms with Gasteiger partial charge in [-0.15, -0.1) is 0 Å². The van der Waals surface area contributed by atoms with E-state index in [0.29, 0.717) is 11.6 Å². The minimum Gasteiger partial charge on any atom is -0.388 e. The van der Waals surface area contributed by atoms with E-state index in [0.717, 1.165) is 42.8 Å². The molecule has 0 spiro atoms. The molecule has 1 fully saturated rings. The number of benzene rings is 1. The van der Waals surface area contributed by atoms with E-state index in [9.17, 15) is 9.18 Å². The highest BCUT2D eigenvalue weighted by molar-refractivity contribution is 6.31. The van der Waals surface area contributed by atoms with Gasteiger partial charge in [0.05, 0.1) is 5.02 Å². The normalized spacial score (nSPS) is 19.4. The molecule has 1 aliphatic rings. The van der Waals surface area contributed by atoms with Gasteiger partial charge in [0.25, 0.3) is 5.91 Å². The van der Waals surface area contributed by atoms with Crippen molar-refractivity contribution in [1.29, 1.82) is 0 Å². The van der Waals surface area contributed by atoms with Crippen LogP contribution in [0.25, 0.3) is 0 Å². The van der Waals surface area contributed by atoms with Crippen LogP contribution < -0.4 is 16.0 Å². The van der Waals surface area contributed by atoms with E-state index < -0.39 is 5.82 Å². The van der Waals surface area contributed by atoms with Crippen molar-refractivity contribution in [2.24, 2.45) is 0 Å². The van der Waals surface area contributed by atoms with Crippen LogP contribution in [0.5, 0.6) is 0 Å². The van der Waals surface area contributed by atoms with Crippen LogP contribution in [0.3, 0.4) is 0 Å². The Hall–Kier alpha value is -2.34. The summed E-state index contributed by atoms with van der Waals surface area (Å²) >= 11 is 5.75. The maximum Gasteiger partial charge on any atom is 0.251 e. The first-order chi connectivity index (χ1) is 13.0. The molecular weight excluding hydrogens is 367 g/mol. The number of aryl methyl sites for hydroxylation is 1. The molecule has 5 nitrogen and oxygen atoms in total. The van der Waals surface area contributed by atoms with Gasteiger partial charge in [-0.1, -0.05) is 11.6 Å². The summed E-state index contributed by atoms with van der Waals surface area (Å²) in [6.45, 7) is 2.02. The Morgan fingerprint density at radius 1 is 1.19 bits per heavy atom. The number of carbonyl (C=O) groups is 1. The van der Waals surface area contributed by atoms with Crippen LogP contribution in [0.4, 0.5) is 15.9 Å². The van der Waals surface area contributed by atoms with Crippen molar-refractivity contribution in [3.8, 4) is 0 Å². The number of aromatic nitrogens is 1. The zero-order valence-electron chi connectivity index (χ0n) is 15.5. The molecule has 1 heterocycles. The molecular formula is C20H24ClFN4O. The van der Waals surface area contributed by atoms with Crippen LogP contribution in [0.2, 0.25) is 5.02 Å². The smallest absolute Gasteiger partial charge is 0.251 e. The molecule has 1 aliphatic carbocycles. The van der Waals surface area contributed by atoms with Crippen molar-refractivity contribution < 1.29 is 9.18 Å². The summed E-state index contributed by atoms with van der Waals surface area (Å²) in [5.41, 5.74) is 2.55. The minimum absolute atomic E-state index is 0.0397. The Balaban J connectivity index is 1.51. The van der Waals surface area contributed by atoms with Crippen LogP contribution in [0, 0.1) is 12.7 Å². The van der Waals surface area contributed by atoms with Crippen molar-refractivity contribution in [1.82, 2.24) is 10.3 Å². The zero-order valence-corrected chi connectivity index (χ0v) is 16.2. The lowest BCUT2D eigenvalue weighted by Gasteiger charge is -2.30. The highest BCUT2D eigenvalue weighted by Crippen LogP contribution is 2.24. The highest BCUT2D eigenvalue weighted by atomic mass is 35.5. The number of nitrogens with one attached hydrogen (secondary N) is 3.